The van der Waals surface area contributed by atoms with Crippen molar-refractivity contribution < 1.29 is 4.79 Å². The molecular formula is C18H20ClN5O. The lowest BCUT2D eigenvalue weighted by molar-refractivity contribution is 0.0941. The van der Waals surface area contributed by atoms with Gasteiger partial charge in [-0.15, -0.1) is 0 Å². The molecule has 7 heteroatoms. The van der Waals surface area contributed by atoms with Crippen molar-refractivity contribution in [2.75, 3.05) is 0 Å². The number of hydrogen-bond acceptors (Lipinski definition) is 3. The van der Waals surface area contributed by atoms with E-state index in [1.807, 2.05) is 48.9 Å². The van der Waals surface area contributed by atoms with Gasteiger partial charge in [-0.05, 0) is 32.9 Å². The highest BCUT2D eigenvalue weighted by molar-refractivity contribution is 6.34. The molecule has 3 rings (SSSR count). The van der Waals surface area contributed by atoms with E-state index >= 15 is 0 Å². The Bertz CT molecular complexity index is 927. The number of nitrogens with one attached hydrogen (secondary N) is 1. The van der Waals surface area contributed by atoms with Crippen LogP contribution in [0.3, 0.4) is 0 Å². The molecule has 0 radical (unpaired) electrons. The van der Waals surface area contributed by atoms with Crippen molar-refractivity contribution in [3.05, 3.63) is 63.7 Å². The van der Waals surface area contributed by atoms with Crippen LogP contribution in [0.1, 0.15) is 33.1 Å². The van der Waals surface area contributed by atoms with Crippen LogP contribution in [0.15, 0.2) is 30.3 Å². The van der Waals surface area contributed by atoms with E-state index in [0.717, 1.165) is 22.6 Å². The second-order valence-electron chi connectivity index (χ2n) is 5.95. The molecule has 0 saturated carbocycles. The van der Waals surface area contributed by atoms with Gasteiger partial charge in [-0.3, -0.25) is 9.48 Å². The van der Waals surface area contributed by atoms with Crippen molar-refractivity contribution in [2.24, 2.45) is 7.05 Å². The summed E-state index contributed by atoms with van der Waals surface area (Å²) in [5.41, 5.74) is 4.87. The normalized spacial score (nSPS) is 10.9. The van der Waals surface area contributed by atoms with E-state index in [1.165, 1.54) is 4.68 Å². The highest BCUT2D eigenvalue weighted by Crippen LogP contribution is 2.20. The molecule has 0 saturated heterocycles. The molecule has 0 aliphatic rings. The summed E-state index contributed by atoms with van der Waals surface area (Å²) < 4.78 is 3.39. The molecular weight excluding hydrogens is 338 g/mol. The van der Waals surface area contributed by atoms with Crippen LogP contribution in [0.25, 0.3) is 5.69 Å². The Labute approximate surface area is 151 Å². The summed E-state index contributed by atoms with van der Waals surface area (Å²) in [5, 5.41) is 12.1. The molecule has 0 unspecified atom stereocenters. The first-order valence-electron chi connectivity index (χ1n) is 7.98. The summed E-state index contributed by atoms with van der Waals surface area (Å²) in [6.45, 7) is 6.09. The molecule has 25 heavy (non-hydrogen) atoms. The molecule has 1 N–H and O–H groups in total. The predicted octanol–water partition coefficient (Wildman–Crippen LogP) is 3.11. The molecule has 0 aliphatic carbocycles. The van der Waals surface area contributed by atoms with Crippen molar-refractivity contribution in [1.82, 2.24) is 24.9 Å². The van der Waals surface area contributed by atoms with E-state index in [0.29, 0.717) is 23.0 Å². The molecule has 1 amide bonds. The number of hydrogen-bond donors (Lipinski definition) is 1. The smallest absolute Gasteiger partial charge is 0.271 e. The fourth-order valence-corrected chi connectivity index (χ4v) is 3.13. The molecule has 1 aromatic carbocycles. The van der Waals surface area contributed by atoms with Gasteiger partial charge in [0.2, 0.25) is 0 Å². The van der Waals surface area contributed by atoms with Gasteiger partial charge in [-0.25, -0.2) is 4.68 Å². The van der Waals surface area contributed by atoms with Crippen molar-refractivity contribution >= 4 is 17.5 Å². The number of amides is 1. The zero-order valence-corrected chi connectivity index (χ0v) is 15.4. The molecule has 0 spiro atoms. The topological polar surface area (TPSA) is 64.7 Å². The lowest BCUT2D eigenvalue weighted by atomic mass is 10.2. The molecule has 2 heterocycles. The quantitative estimate of drug-likeness (QED) is 0.780. The number of aryl methyl sites for hydroxylation is 3. The van der Waals surface area contributed by atoms with Gasteiger partial charge in [0.15, 0.2) is 0 Å². The first-order valence-corrected chi connectivity index (χ1v) is 8.35. The standard InChI is InChI=1S/C18H20ClN5O/c1-11-15(13(3)24(22-11)14-8-6-5-7-9-14)10-20-18(25)17-16(19)12(2)21-23(17)4/h5-9H,10H2,1-4H3,(H,20,25). The molecule has 0 atom stereocenters. The lowest BCUT2D eigenvalue weighted by Crippen LogP contribution is -2.26. The van der Waals surface area contributed by atoms with Crippen molar-refractivity contribution in [1.29, 1.82) is 0 Å². The van der Waals surface area contributed by atoms with E-state index in [2.05, 4.69) is 15.5 Å². The minimum absolute atomic E-state index is 0.251. The average molecular weight is 358 g/mol. The van der Waals surface area contributed by atoms with Crippen LogP contribution >= 0.6 is 11.6 Å². The van der Waals surface area contributed by atoms with Crippen molar-refractivity contribution in [3.8, 4) is 5.69 Å². The summed E-state index contributed by atoms with van der Waals surface area (Å²) in [5.74, 6) is -0.251. The van der Waals surface area contributed by atoms with E-state index < -0.39 is 0 Å². The molecule has 3 aromatic rings. The van der Waals surface area contributed by atoms with Crippen LogP contribution in [0.2, 0.25) is 5.02 Å². The molecule has 130 valence electrons. The predicted molar refractivity (Wildman–Crippen MR) is 97.2 cm³/mol. The van der Waals surface area contributed by atoms with Gasteiger partial charge in [0.05, 0.1) is 22.1 Å². The van der Waals surface area contributed by atoms with Gasteiger partial charge in [-0.2, -0.15) is 10.2 Å². The fraction of sp³-hybridized carbons (Fsp3) is 0.278. The van der Waals surface area contributed by atoms with E-state index in [1.54, 1.807) is 14.0 Å². The second kappa shape index (κ2) is 6.72. The Hall–Kier alpha value is -2.60. The summed E-state index contributed by atoms with van der Waals surface area (Å²) in [7, 11) is 1.71. The van der Waals surface area contributed by atoms with Crippen LogP contribution in [0.4, 0.5) is 0 Å². The highest BCUT2D eigenvalue weighted by Gasteiger charge is 2.20. The Morgan fingerprint density at radius 1 is 1.12 bits per heavy atom. The Balaban J connectivity index is 1.82. The molecule has 0 fully saturated rings. The van der Waals surface area contributed by atoms with Gasteiger partial charge in [0, 0.05) is 24.8 Å². The monoisotopic (exact) mass is 357 g/mol. The fourth-order valence-electron chi connectivity index (χ4n) is 2.88. The summed E-state index contributed by atoms with van der Waals surface area (Å²) in [4.78, 5) is 12.5. The summed E-state index contributed by atoms with van der Waals surface area (Å²) in [6.07, 6.45) is 0. The van der Waals surface area contributed by atoms with Crippen LogP contribution in [-0.2, 0) is 13.6 Å². The number of nitrogens with zero attached hydrogens (tertiary/aromatic N) is 4. The van der Waals surface area contributed by atoms with Gasteiger partial charge in [0.25, 0.3) is 5.91 Å². The average Bonchev–Trinajstić information content (AvgIpc) is 3.01. The number of aromatic nitrogens is 4. The van der Waals surface area contributed by atoms with E-state index in [-0.39, 0.29) is 5.91 Å². The number of carbonyl (C=O) groups is 1. The number of benzene rings is 1. The van der Waals surface area contributed by atoms with Crippen LogP contribution in [0, 0.1) is 20.8 Å². The maximum Gasteiger partial charge on any atom is 0.271 e. The second-order valence-corrected chi connectivity index (χ2v) is 6.33. The zero-order valence-electron chi connectivity index (χ0n) is 14.7. The van der Waals surface area contributed by atoms with Gasteiger partial charge in [-0.1, -0.05) is 29.8 Å². The Morgan fingerprint density at radius 3 is 2.40 bits per heavy atom. The van der Waals surface area contributed by atoms with E-state index in [4.69, 9.17) is 11.6 Å². The SMILES string of the molecule is Cc1nn(C)c(C(=O)NCc2c(C)nn(-c3ccccc3)c2C)c1Cl. The van der Waals surface area contributed by atoms with Crippen LogP contribution in [0.5, 0.6) is 0 Å². The van der Waals surface area contributed by atoms with Gasteiger partial charge < -0.3 is 5.32 Å². The summed E-state index contributed by atoms with van der Waals surface area (Å²) >= 11 is 6.18. The minimum Gasteiger partial charge on any atom is -0.346 e. The van der Waals surface area contributed by atoms with Crippen LogP contribution < -0.4 is 5.32 Å². The maximum absolute atomic E-state index is 12.5. The molecule has 2 aromatic heterocycles. The van der Waals surface area contributed by atoms with Crippen molar-refractivity contribution in [3.63, 3.8) is 0 Å². The number of carbonyl (C=O) groups excluding carboxylic acids is 1. The number of rotatable bonds is 4. The first kappa shape index (κ1) is 17.2. The molecule has 0 aliphatic heterocycles. The van der Waals surface area contributed by atoms with Gasteiger partial charge >= 0.3 is 0 Å². The third-order valence-corrected chi connectivity index (χ3v) is 4.68. The largest absolute Gasteiger partial charge is 0.346 e. The first-order chi connectivity index (χ1) is 11.9. The third-order valence-electron chi connectivity index (χ3n) is 4.23. The summed E-state index contributed by atoms with van der Waals surface area (Å²) in [6, 6.07) is 9.91. The highest BCUT2D eigenvalue weighted by atomic mass is 35.5. The zero-order chi connectivity index (χ0) is 18.1. The van der Waals surface area contributed by atoms with E-state index in [9.17, 15) is 4.79 Å². The lowest BCUT2D eigenvalue weighted by Gasteiger charge is -2.08. The molecule has 0 bridgehead atoms. The molecule has 6 nitrogen and oxygen atoms in total. The maximum atomic E-state index is 12.5. The van der Waals surface area contributed by atoms with Crippen molar-refractivity contribution in [2.45, 2.75) is 27.3 Å². The number of para-hydroxylation sites is 1. The van der Waals surface area contributed by atoms with Gasteiger partial charge in [0.1, 0.15) is 5.69 Å². The third kappa shape index (κ3) is 3.17. The minimum atomic E-state index is -0.251. The Kier molecular flexibility index (Phi) is 4.63. The number of halogens is 1. The Morgan fingerprint density at radius 2 is 1.80 bits per heavy atom. The van der Waals surface area contributed by atoms with Crippen LogP contribution in [-0.4, -0.2) is 25.5 Å².